The molecule has 1 spiro atoms. The highest BCUT2D eigenvalue weighted by atomic mass is 32.3. The Morgan fingerprint density at radius 3 is 1.70 bits per heavy atom. The van der Waals surface area contributed by atoms with Crippen molar-refractivity contribution in [1.29, 1.82) is 0 Å². The number of benzene rings is 3. The normalized spacial score (nSPS) is 20.4. The molecular formula is C27H27F3O7S3. The lowest BCUT2D eigenvalue weighted by molar-refractivity contribution is -0.175. The van der Waals surface area contributed by atoms with E-state index < -0.39 is 46.8 Å². The van der Waals surface area contributed by atoms with Crippen molar-refractivity contribution < 1.29 is 43.1 Å². The quantitative estimate of drug-likeness (QED) is 0.291. The first-order valence-electron chi connectivity index (χ1n) is 12.5. The molecule has 0 radical (unpaired) electrons. The van der Waals surface area contributed by atoms with Gasteiger partial charge in [-0.1, -0.05) is 36.4 Å². The molecule has 0 bridgehead atoms. The molecule has 1 aliphatic heterocycles. The summed E-state index contributed by atoms with van der Waals surface area (Å²) in [5.74, 6) is -0.921. The Bertz CT molecular complexity index is 1500. The molecule has 7 nitrogen and oxygen atoms in total. The zero-order valence-corrected chi connectivity index (χ0v) is 23.6. The van der Waals surface area contributed by atoms with Crippen molar-refractivity contribution in [2.24, 2.45) is 0 Å². The minimum Gasteiger partial charge on any atom is -0.347 e. The molecule has 1 atom stereocenters. The van der Waals surface area contributed by atoms with E-state index >= 15 is 0 Å². The molecule has 40 heavy (non-hydrogen) atoms. The van der Waals surface area contributed by atoms with E-state index in [0.29, 0.717) is 32.5 Å². The van der Waals surface area contributed by atoms with Gasteiger partial charge < -0.3 is 9.47 Å². The van der Waals surface area contributed by atoms with Gasteiger partial charge in [0, 0.05) is 27.5 Å². The van der Waals surface area contributed by atoms with Gasteiger partial charge >= 0.3 is 15.6 Å². The highest BCUT2D eigenvalue weighted by molar-refractivity contribution is 8.33. The van der Waals surface area contributed by atoms with Gasteiger partial charge in [0.05, 0.1) is 23.4 Å². The van der Waals surface area contributed by atoms with Gasteiger partial charge in [0.15, 0.2) is 15.6 Å². The summed E-state index contributed by atoms with van der Waals surface area (Å²) in [5, 5.41) is -0.771. The fourth-order valence-electron chi connectivity index (χ4n) is 5.11. The SMILES string of the molecule is O=S(=O)(c1ccc(S(OS(=O)(=O)C(F)(F)F)(c2ccccc2)c2ccccc2)cc1)C1CCCC2(C1)OCCO2. The van der Waals surface area contributed by atoms with Crippen molar-refractivity contribution in [1.82, 2.24) is 0 Å². The van der Waals surface area contributed by atoms with Crippen LogP contribution in [0.4, 0.5) is 13.2 Å². The van der Waals surface area contributed by atoms with E-state index in [1.807, 2.05) is 0 Å². The zero-order valence-electron chi connectivity index (χ0n) is 21.1. The van der Waals surface area contributed by atoms with Crippen LogP contribution in [0.3, 0.4) is 0 Å². The summed E-state index contributed by atoms with van der Waals surface area (Å²) in [4.78, 5) is 0.424. The summed E-state index contributed by atoms with van der Waals surface area (Å²) in [6.45, 7) is 0.790. The Kier molecular flexibility index (Phi) is 7.83. The van der Waals surface area contributed by atoms with Crippen LogP contribution in [0.15, 0.2) is 105 Å². The van der Waals surface area contributed by atoms with E-state index in [4.69, 9.17) is 13.1 Å². The molecule has 1 unspecified atom stereocenters. The Balaban J connectivity index is 1.61. The second-order valence-electron chi connectivity index (χ2n) is 9.49. The van der Waals surface area contributed by atoms with Gasteiger partial charge in [-0.2, -0.15) is 25.2 Å². The van der Waals surface area contributed by atoms with Crippen LogP contribution >= 0.6 is 10.3 Å². The van der Waals surface area contributed by atoms with Crippen LogP contribution in [0.5, 0.6) is 0 Å². The van der Waals surface area contributed by atoms with Gasteiger partial charge in [-0.05, 0) is 71.7 Å². The highest BCUT2D eigenvalue weighted by Gasteiger charge is 2.52. The van der Waals surface area contributed by atoms with E-state index in [1.165, 1.54) is 48.5 Å². The molecule has 2 fully saturated rings. The second kappa shape index (κ2) is 10.8. The molecule has 1 saturated carbocycles. The fraction of sp³-hybridized carbons (Fsp3) is 0.333. The van der Waals surface area contributed by atoms with Crippen molar-refractivity contribution in [3.05, 3.63) is 84.9 Å². The van der Waals surface area contributed by atoms with Gasteiger partial charge in [0.25, 0.3) is 0 Å². The molecule has 5 rings (SSSR count). The minimum absolute atomic E-state index is 0.0376. The number of halogens is 3. The number of alkyl halides is 3. The highest BCUT2D eigenvalue weighted by Crippen LogP contribution is 2.70. The molecule has 1 saturated heterocycles. The molecule has 0 amide bonds. The number of sulfone groups is 1. The summed E-state index contributed by atoms with van der Waals surface area (Å²) in [5.41, 5.74) is -5.68. The zero-order chi connectivity index (χ0) is 28.7. The molecule has 2 aliphatic rings. The van der Waals surface area contributed by atoms with E-state index in [9.17, 15) is 30.0 Å². The van der Waals surface area contributed by atoms with Crippen LogP contribution in [0.25, 0.3) is 0 Å². The molecule has 0 N–H and O–H groups in total. The largest absolute Gasteiger partial charge is 0.524 e. The summed E-state index contributed by atoms with van der Waals surface area (Å²) in [6, 6.07) is 20.7. The van der Waals surface area contributed by atoms with Crippen molar-refractivity contribution in [3.8, 4) is 0 Å². The predicted octanol–water partition coefficient (Wildman–Crippen LogP) is 6.21. The van der Waals surface area contributed by atoms with Crippen LogP contribution in [0, 0.1) is 0 Å². The third-order valence-electron chi connectivity index (χ3n) is 6.98. The maximum Gasteiger partial charge on any atom is 0.524 e. The number of hydrogen-bond acceptors (Lipinski definition) is 7. The molecule has 3 aromatic carbocycles. The van der Waals surface area contributed by atoms with Gasteiger partial charge in [-0.15, -0.1) is 0 Å². The summed E-state index contributed by atoms with van der Waals surface area (Å²) >= 11 is 0. The van der Waals surface area contributed by atoms with E-state index in [-0.39, 0.29) is 26.0 Å². The lowest BCUT2D eigenvalue weighted by Gasteiger charge is -2.39. The van der Waals surface area contributed by atoms with Crippen molar-refractivity contribution in [2.45, 2.75) is 61.8 Å². The second-order valence-corrected chi connectivity index (χ2v) is 16.2. The first kappa shape index (κ1) is 29.1. The smallest absolute Gasteiger partial charge is 0.347 e. The molecule has 0 aromatic heterocycles. The molecular weight excluding hydrogens is 589 g/mol. The monoisotopic (exact) mass is 616 g/mol. The van der Waals surface area contributed by atoms with Crippen LogP contribution in [-0.4, -0.2) is 46.6 Å². The third kappa shape index (κ3) is 5.30. The summed E-state index contributed by atoms with van der Waals surface area (Å²) in [7, 11) is -13.5. The fourth-order valence-corrected chi connectivity index (χ4v) is 11.7. The first-order chi connectivity index (χ1) is 18.9. The van der Waals surface area contributed by atoms with Crippen LogP contribution in [0.1, 0.15) is 25.7 Å². The lowest BCUT2D eigenvalue weighted by Crippen LogP contribution is -2.41. The standard InChI is InChI=1S/C27H27F3O7S3/c28-27(29,30)40(33,34)37-38(21-8-3-1-4-9-21,22-10-5-2-6-11-22)23-13-15-24(16-14-23)39(31,32)25-12-7-17-26(20-25)35-18-19-36-26/h1-6,8-11,13-16,25H,7,12,17-20H2. The van der Waals surface area contributed by atoms with E-state index in [1.54, 1.807) is 36.4 Å². The number of hydrogen-bond donors (Lipinski definition) is 0. The average molecular weight is 617 g/mol. The third-order valence-corrected chi connectivity index (χ3v) is 14.1. The number of rotatable bonds is 7. The molecule has 216 valence electrons. The molecule has 1 aliphatic carbocycles. The van der Waals surface area contributed by atoms with Crippen molar-refractivity contribution >= 4 is 30.3 Å². The van der Waals surface area contributed by atoms with Gasteiger partial charge in [0.1, 0.15) is 0 Å². The van der Waals surface area contributed by atoms with E-state index in [0.717, 1.165) is 0 Å². The van der Waals surface area contributed by atoms with Gasteiger partial charge in [-0.3, -0.25) is 0 Å². The first-order valence-corrected chi connectivity index (χ1v) is 17.0. The Labute approximate surface area is 232 Å². The maximum absolute atomic E-state index is 13.7. The van der Waals surface area contributed by atoms with Gasteiger partial charge in [-0.25, -0.2) is 8.42 Å². The van der Waals surface area contributed by atoms with E-state index in [2.05, 4.69) is 0 Å². The Morgan fingerprint density at radius 2 is 1.20 bits per heavy atom. The van der Waals surface area contributed by atoms with Gasteiger partial charge in [0.2, 0.25) is 0 Å². The summed E-state index contributed by atoms with van der Waals surface area (Å²) < 4.78 is 110. The van der Waals surface area contributed by atoms with Crippen molar-refractivity contribution in [2.75, 3.05) is 13.2 Å². The minimum atomic E-state index is -6.08. The Morgan fingerprint density at radius 1 is 0.725 bits per heavy atom. The van der Waals surface area contributed by atoms with Crippen LogP contribution < -0.4 is 0 Å². The number of ether oxygens (including phenoxy) is 2. The molecule has 1 heterocycles. The maximum atomic E-state index is 13.7. The lowest BCUT2D eigenvalue weighted by atomic mass is 9.94. The molecule has 13 heteroatoms. The Hall–Kier alpha value is -2.42. The average Bonchev–Trinajstić information content (AvgIpc) is 3.39. The molecule has 3 aromatic rings. The van der Waals surface area contributed by atoms with Crippen LogP contribution in [-0.2, 0) is 33.1 Å². The summed E-state index contributed by atoms with van der Waals surface area (Å²) in [6.07, 6.45) is 1.78. The topological polar surface area (TPSA) is 96.0 Å². The predicted molar refractivity (Wildman–Crippen MR) is 142 cm³/mol. The van der Waals surface area contributed by atoms with Crippen LogP contribution in [0.2, 0.25) is 0 Å². The van der Waals surface area contributed by atoms with Crippen molar-refractivity contribution in [3.63, 3.8) is 0 Å².